The normalized spacial score (nSPS) is 11.9. The number of benzene rings is 2. The molecule has 28 heavy (non-hydrogen) atoms. The first-order valence-corrected chi connectivity index (χ1v) is 10.1. The molecule has 0 unspecified atom stereocenters. The van der Waals surface area contributed by atoms with E-state index in [9.17, 15) is 9.59 Å². The molecule has 1 N–H and O–H groups in total. The maximum atomic E-state index is 13.1. The van der Waals surface area contributed by atoms with E-state index in [1.54, 1.807) is 29.2 Å². The minimum absolute atomic E-state index is 0.00491. The van der Waals surface area contributed by atoms with Crippen LogP contribution in [0.1, 0.15) is 38.3 Å². The summed E-state index contributed by atoms with van der Waals surface area (Å²) in [6, 6.07) is 14.0. The van der Waals surface area contributed by atoms with Crippen molar-refractivity contribution in [2.24, 2.45) is 0 Å². The monoisotopic (exact) mass is 420 g/mol. The van der Waals surface area contributed by atoms with Gasteiger partial charge in [-0.05, 0) is 55.7 Å². The van der Waals surface area contributed by atoms with Gasteiger partial charge < -0.3 is 10.2 Å². The van der Waals surface area contributed by atoms with Crippen LogP contribution in [0.2, 0.25) is 10.0 Å². The maximum absolute atomic E-state index is 13.1. The quantitative estimate of drug-likeness (QED) is 0.661. The Labute approximate surface area is 176 Å². The summed E-state index contributed by atoms with van der Waals surface area (Å²) in [6.45, 7) is 6.07. The van der Waals surface area contributed by atoms with Gasteiger partial charge in [0.25, 0.3) is 0 Å². The molecule has 0 aliphatic carbocycles. The summed E-state index contributed by atoms with van der Waals surface area (Å²) in [7, 11) is 0. The molecule has 2 aromatic rings. The zero-order chi connectivity index (χ0) is 20.7. The lowest BCUT2D eigenvalue weighted by atomic mass is 10.1. The highest BCUT2D eigenvalue weighted by Gasteiger charge is 2.28. The van der Waals surface area contributed by atoms with Gasteiger partial charge in [-0.2, -0.15) is 0 Å². The number of carbonyl (C=O) groups is 2. The Morgan fingerprint density at radius 2 is 1.43 bits per heavy atom. The van der Waals surface area contributed by atoms with E-state index in [0.717, 1.165) is 11.1 Å². The summed E-state index contributed by atoms with van der Waals surface area (Å²) < 4.78 is 0. The van der Waals surface area contributed by atoms with E-state index in [2.05, 4.69) is 5.32 Å². The van der Waals surface area contributed by atoms with Crippen LogP contribution in [0.5, 0.6) is 0 Å². The maximum Gasteiger partial charge on any atom is 0.243 e. The van der Waals surface area contributed by atoms with Crippen LogP contribution in [0.4, 0.5) is 0 Å². The van der Waals surface area contributed by atoms with Crippen LogP contribution in [-0.2, 0) is 22.6 Å². The van der Waals surface area contributed by atoms with Gasteiger partial charge in [0.1, 0.15) is 6.04 Å². The van der Waals surface area contributed by atoms with Gasteiger partial charge in [-0.3, -0.25) is 9.59 Å². The molecule has 2 amide bonds. The summed E-state index contributed by atoms with van der Waals surface area (Å²) in [5.41, 5.74) is 1.78. The number of amides is 2. The van der Waals surface area contributed by atoms with Crippen LogP contribution in [0.3, 0.4) is 0 Å². The minimum atomic E-state index is -0.544. The van der Waals surface area contributed by atoms with Crippen LogP contribution in [0.25, 0.3) is 0 Å². The van der Waals surface area contributed by atoms with Crippen molar-refractivity contribution in [1.29, 1.82) is 0 Å². The first-order valence-electron chi connectivity index (χ1n) is 9.39. The highest BCUT2D eigenvalue weighted by atomic mass is 35.5. The summed E-state index contributed by atoms with van der Waals surface area (Å²) >= 11 is 11.9. The van der Waals surface area contributed by atoms with Gasteiger partial charge in [0.05, 0.1) is 6.42 Å². The second-order valence-electron chi connectivity index (χ2n) is 7.04. The molecule has 0 bridgehead atoms. The van der Waals surface area contributed by atoms with Crippen molar-refractivity contribution in [3.05, 3.63) is 69.7 Å². The molecular formula is C22H26Cl2N2O2. The molecule has 0 saturated heterocycles. The fourth-order valence-corrected chi connectivity index (χ4v) is 3.22. The predicted octanol–water partition coefficient (Wildman–Crippen LogP) is 4.87. The predicted molar refractivity (Wildman–Crippen MR) is 115 cm³/mol. The van der Waals surface area contributed by atoms with E-state index < -0.39 is 6.04 Å². The zero-order valence-corrected chi connectivity index (χ0v) is 17.9. The molecule has 0 radical (unpaired) electrons. The molecule has 2 rings (SSSR count). The molecule has 150 valence electrons. The number of halogens is 2. The Kier molecular flexibility index (Phi) is 8.34. The summed E-state index contributed by atoms with van der Waals surface area (Å²) in [6.07, 6.45) is 0.731. The van der Waals surface area contributed by atoms with E-state index in [1.165, 1.54) is 0 Å². The average molecular weight is 421 g/mol. The SMILES string of the molecule is CC[C@@H](C(=O)NC(C)C)N(Cc1ccc(Cl)cc1)C(=O)Cc1ccc(Cl)cc1. The summed E-state index contributed by atoms with van der Waals surface area (Å²) in [4.78, 5) is 27.5. The number of hydrogen-bond donors (Lipinski definition) is 1. The first-order chi connectivity index (χ1) is 13.3. The topological polar surface area (TPSA) is 49.4 Å². The Hall–Kier alpha value is -2.04. The number of rotatable bonds is 8. The van der Waals surface area contributed by atoms with Crippen LogP contribution in [0, 0.1) is 0 Å². The molecule has 6 heteroatoms. The molecule has 0 fully saturated rings. The first kappa shape index (κ1) is 22.3. The highest BCUT2D eigenvalue weighted by molar-refractivity contribution is 6.30. The van der Waals surface area contributed by atoms with Crippen molar-refractivity contribution in [3.8, 4) is 0 Å². The molecule has 0 spiro atoms. The minimum Gasteiger partial charge on any atom is -0.352 e. The van der Waals surface area contributed by atoms with Crippen molar-refractivity contribution in [2.75, 3.05) is 0 Å². The van der Waals surface area contributed by atoms with Crippen molar-refractivity contribution in [1.82, 2.24) is 10.2 Å². The van der Waals surface area contributed by atoms with Gasteiger partial charge in [-0.15, -0.1) is 0 Å². The molecular weight excluding hydrogens is 395 g/mol. The number of carbonyl (C=O) groups excluding carboxylic acids is 2. The molecule has 1 atom stereocenters. The van der Waals surface area contributed by atoms with Crippen molar-refractivity contribution in [2.45, 2.75) is 52.2 Å². The highest BCUT2D eigenvalue weighted by Crippen LogP contribution is 2.17. The van der Waals surface area contributed by atoms with E-state index in [0.29, 0.717) is 23.0 Å². The summed E-state index contributed by atoms with van der Waals surface area (Å²) in [5, 5.41) is 4.18. The van der Waals surface area contributed by atoms with Crippen molar-refractivity contribution >= 4 is 35.0 Å². The lowest BCUT2D eigenvalue weighted by molar-refractivity contribution is -0.141. The van der Waals surface area contributed by atoms with Crippen molar-refractivity contribution in [3.63, 3.8) is 0 Å². The standard InChI is InChI=1S/C22H26Cl2N2O2/c1-4-20(22(28)25-15(2)3)26(14-17-7-11-19(24)12-8-17)21(27)13-16-5-9-18(23)10-6-16/h5-12,15,20H,4,13-14H2,1-3H3,(H,25,28)/t20-/m0/s1. The third-order valence-corrected chi connectivity index (χ3v) is 4.86. The van der Waals surface area contributed by atoms with E-state index in [1.807, 2.05) is 45.0 Å². The van der Waals surface area contributed by atoms with Gasteiger partial charge in [0, 0.05) is 22.6 Å². The fourth-order valence-electron chi connectivity index (χ4n) is 2.97. The van der Waals surface area contributed by atoms with E-state index in [4.69, 9.17) is 23.2 Å². The fraction of sp³-hybridized carbons (Fsp3) is 0.364. The molecule has 0 aliphatic heterocycles. The molecule has 0 heterocycles. The molecule has 0 saturated carbocycles. The number of nitrogens with one attached hydrogen (secondary N) is 1. The largest absolute Gasteiger partial charge is 0.352 e. The van der Waals surface area contributed by atoms with Gasteiger partial charge in [0.15, 0.2) is 0 Å². The summed E-state index contributed by atoms with van der Waals surface area (Å²) in [5.74, 6) is -0.251. The Balaban J connectivity index is 2.27. The average Bonchev–Trinajstić information content (AvgIpc) is 2.64. The smallest absolute Gasteiger partial charge is 0.243 e. The molecule has 0 aliphatic rings. The van der Waals surface area contributed by atoms with E-state index >= 15 is 0 Å². The third-order valence-electron chi connectivity index (χ3n) is 4.35. The molecule has 2 aromatic carbocycles. The van der Waals surface area contributed by atoms with E-state index in [-0.39, 0.29) is 24.3 Å². The van der Waals surface area contributed by atoms with Crippen LogP contribution >= 0.6 is 23.2 Å². The Morgan fingerprint density at radius 3 is 1.89 bits per heavy atom. The van der Waals surface area contributed by atoms with Gasteiger partial charge in [-0.25, -0.2) is 0 Å². The third kappa shape index (κ3) is 6.54. The lowest BCUT2D eigenvalue weighted by Crippen LogP contribution is -2.50. The van der Waals surface area contributed by atoms with Crippen LogP contribution in [0.15, 0.2) is 48.5 Å². The molecule has 4 nitrogen and oxygen atoms in total. The molecule has 0 aromatic heterocycles. The van der Waals surface area contributed by atoms with Gasteiger partial charge in [-0.1, -0.05) is 54.4 Å². The van der Waals surface area contributed by atoms with Crippen molar-refractivity contribution < 1.29 is 9.59 Å². The number of hydrogen-bond acceptors (Lipinski definition) is 2. The van der Waals surface area contributed by atoms with Crippen LogP contribution in [-0.4, -0.2) is 28.8 Å². The van der Waals surface area contributed by atoms with Gasteiger partial charge >= 0.3 is 0 Å². The Bertz CT molecular complexity index is 789. The Morgan fingerprint density at radius 1 is 0.929 bits per heavy atom. The second kappa shape index (κ2) is 10.5. The second-order valence-corrected chi connectivity index (χ2v) is 7.91. The number of nitrogens with zero attached hydrogens (tertiary/aromatic N) is 1. The lowest BCUT2D eigenvalue weighted by Gasteiger charge is -2.31. The zero-order valence-electron chi connectivity index (χ0n) is 16.4. The van der Waals surface area contributed by atoms with Gasteiger partial charge in [0.2, 0.25) is 11.8 Å². The van der Waals surface area contributed by atoms with Crippen LogP contribution < -0.4 is 5.32 Å².